The topological polar surface area (TPSA) is 52.0 Å². The van der Waals surface area contributed by atoms with Crippen LogP contribution in [0.2, 0.25) is 0 Å². The van der Waals surface area contributed by atoms with Crippen LogP contribution < -0.4 is 5.32 Å². The Morgan fingerprint density at radius 2 is 2.06 bits per heavy atom. The maximum absolute atomic E-state index is 4.99. The number of hydrogen-bond acceptors (Lipinski definition) is 4. The zero-order valence-corrected chi connectivity index (χ0v) is 10.5. The van der Waals surface area contributed by atoms with Crippen molar-refractivity contribution in [3.8, 4) is 0 Å². The van der Waals surface area contributed by atoms with Gasteiger partial charge in [0.2, 0.25) is 0 Å². The second kappa shape index (κ2) is 7.35. The number of unbranched alkanes of at least 4 members (excludes halogenated alkanes) is 2. The second-order valence-electron chi connectivity index (χ2n) is 3.95. The van der Waals surface area contributed by atoms with Crippen molar-refractivity contribution in [1.29, 1.82) is 0 Å². The average molecular weight is 226 g/mol. The van der Waals surface area contributed by atoms with Gasteiger partial charge in [-0.3, -0.25) is 0 Å². The molecule has 0 aliphatic rings. The molecule has 92 valence electrons. The predicted molar refractivity (Wildman–Crippen MR) is 63.2 cm³/mol. The largest absolute Gasteiger partial charge is 0.385 e. The molecule has 16 heavy (non-hydrogen) atoms. The van der Waals surface area contributed by atoms with E-state index >= 15 is 0 Å². The number of aromatic nitrogens is 3. The third-order valence-electron chi connectivity index (χ3n) is 2.67. The van der Waals surface area contributed by atoms with Crippen LogP contribution in [0, 0.1) is 6.92 Å². The summed E-state index contributed by atoms with van der Waals surface area (Å²) in [6.07, 6.45) is 3.53. The van der Waals surface area contributed by atoms with Gasteiger partial charge in [-0.15, -0.1) is 10.2 Å². The van der Waals surface area contributed by atoms with E-state index in [0.717, 1.165) is 37.8 Å². The Morgan fingerprint density at radius 1 is 1.25 bits per heavy atom. The Morgan fingerprint density at radius 3 is 2.69 bits per heavy atom. The average Bonchev–Trinajstić information content (AvgIpc) is 2.59. The van der Waals surface area contributed by atoms with E-state index in [0.29, 0.717) is 0 Å². The van der Waals surface area contributed by atoms with Crippen LogP contribution in [0.1, 0.15) is 30.9 Å². The van der Waals surface area contributed by atoms with Gasteiger partial charge in [-0.2, -0.15) is 0 Å². The SMILES string of the molecule is COCCCCCNCc1nnc(C)n1C. The third kappa shape index (κ3) is 4.28. The van der Waals surface area contributed by atoms with E-state index in [4.69, 9.17) is 4.74 Å². The molecular formula is C11H22N4O. The molecule has 5 heteroatoms. The summed E-state index contributed by atoms with van der Waals surface area (Å²) in [4.78, 5) is 0. The summed E-state index contributed by atoms with van der Waals surface area (Å²) in [6.45, 7) is 4.64. The van der Waals surface area contributed by atoms with Crippen molar-refractivity contribution >= 4 is 0 Å². The van der Waals surface area contributed by atoms with Gasteiger partial charge in [0.05, 0.1) is 6.54 Å². The summed E-state index contributed by atoms with van der Waals surface area (Å²) in [7, 11) is 3.74. The van der Waals surface area contributed by atoms with E-state index in [1.54, 1.807) is 7.11 Å². The molecule has 0 bridgehead atoms. The first-order valence-corrected chi connectivity index (χ1v) is 5.80. The molecule has 1 heterocycles. The van der Waals surface area contributed by atoms with Crippen molar-refractivity contribution in [2.45, 2.75) is 32.7 Å². The molecule has 0 radical (unpaired) electrons. The number of ether oxygens (including phenoxy) is 1. The van der Waals surface area contributed by atoms with Crippen LogP contribution >= 0.6 is 0 Å². The van der Waals surface area contributed by atoms with Crippen LogP contribution in [0.15, 0.2) is 0 Å². The van der Waals surface area contributed by atoms with Crippen LogP contribution in [-0.2, 0) is 18.3 Å². The van der Waals surface area contributed by atoms with Gasteiger partial charge in [0.15, 0.2) is 0 Å². The van der Waals surface area contributed by atoms with E-state index in [1.807, 2.05) is 18.5 Å². The molecule has 1 aromatic rings. The third-order valence-corrected chi connectivity index (χ3v) is 2.67. The molecule has 0 spiro atoms. The maximum Gasteiger partial charge on any atom is 0.146 e. The molecule has 0 amide bonds. The highest BCUT2D eigenvalue weighted by atomic mass is 16.5. The summed E-state index contributed by atoms with van der Waals surface area (Å²) >= 11 is 0. The summed E-state index contributed by atoms with van der Waals surface area (Å²) in [5.41, 5.74) is 0. The number of rotatable bonds is 8. The highest BCUT2D eigenvalue weighted by Crippen LogP contribution is 1.98. The Bertz CT molecular complexity index is 298. The summed E-state index contributed by atoms with van der Waals surface area (Å²) in [5, 5.41) is 11.5. The predicted octanol–water partition coefficient (Wildman–Crippen LogP) is 1.03. The molecule has 1 N–H and O–H groups in total. The van der Waals surface area contributed by atoms with Gasteiger partial charge in [0.25, 0.3) is 0 Å². The molecule has 0 aliphatic heterocycles. The molecule has 0 unspecified atom stereocenters. The van der Waals surface area contributed by atoms with E-state index in [2.05, 4.69) is 15.5 Å². The fourth-order valence-electron chi connectivity index (χ4n) is 1.48. The summed E-state index contributed by atoms with van der Waals surface area (Å²) in [5.74, 6) is 1.95. The fourth-order valence-corrected chi connectivity index (χ4v) is 1.48. The fraction of sp³-hybridized carbons (Fsp3) is 0.818. The van der Waals surface area contributed by atoms with E-state index in [1.165, 1.54) is 12.8 Å². The minimum atomic E-state index is 0.793. The van der Waals surface area contributed by atoms with Crippen molar-refractivity contribution in [3.63, 3.8) is 0 Å². The van der Waals surface area contributed by atoms with E-state index in [9.17, 15) is 0 Å². The Hall–Kier alpha value is -0.940. The lowest BCUT2D eigenvalue weighted by Crippen LogP contribution is -2.17. The number of nitrogens with one attached hydrogen (secondary N) is 1. The van der Waals surface area contributed by atoms with Crippen molar-refractivity contribution in [2.75, 3.05) is 20.3 Å². The van der Waals surface area contributed by atoms with Gasteiger partial charge in [0, 0.05) is 20.8 Å². The lowest BCUT2D eigenvalue weighted by atomic mass is 10.2. The molecule has 0 saturated heterocycles. The molecule has 0 atom stereocenters. The molecule has 0 aromatic carbocycles. The van der Waals surface area contributed by atoms with Gasteiger partial charge < -0.3 is 14.6 Å². The van der Waals surface area contributed by atoms with Crippen molar-refractivity contribution < 1.29 is 4.74 Å². The molecule has 0 fully saturated rings. The number of nitrogens with zero attached hydrogens (tertiary/aromatic N) is 3. The Labute approximate surface area is 97.2 Å². The van der Waals surface area contributed by atoms with Crippen LogP contribution in [0.3, 0.4) is 0 Å². The first-order chi connectivity index (χ1) is 7.75. The Balaban J connectivity index is 2.05. The zero-order valence-electron chi connectivity index (χ0n) is 10.5. The highest BCUT2D eigenvalue weighted by Gasteiger charge is 2.02. The molecular weight excluding hydrogens is 204 g/mol. The Kier molecular flexibility index (Phi) is 6.03. The van der Waals surface area contributed by atoms with E-state index in [-0.39, 0.29) is 0 Å². The molecule has 1 rings (SSSR count). The number of aryl methyl sites for hydroxylation is 1. The molecule has 5 nitrogen and oxygen atoms in total. The minimum Gasteiger partial charge on any atom is -0.385 e. The molecule has 1 aromatic heterocycles. The van der Waals surface area contributed by atoms with Crippen molar-refractivity contribution in [3.05, 3.63) is 11.6 Å². The smallest absolute Gasteiger partial charge is 0.146 e. The molecule has 0 saturated carbocycles. The van der Waals surface area contributed by atoms with Crippen LogP contribution in [0.4, 0.5) is 0 Å². The minimum absolute atomic E-state index is 0.793. The number of hydrogen-bond donors (Lipinski definition) is 1. The van der Waals surface area contributed by atoms with Crippen LogP contribution in [-0.4, -0.2) is 35.0 Å². The van der Waals surface area contributed by atoms with Crippen molar-refractivity contribution in [2.24, 2.45) is 7.05 Å². The lowest BCUT2D eigenvalue weighted by molar-refractivity contribution is 0.192. The van der Waals surface area contributed by atoms with Crippen molar-refractivity contribution in [1.82, 2.24) is 20.1 Å². The second-order valence-corrected chi connectivity index (χ2v) is 3.95. The van der Waals surface area contributed by atoms with Gasteiger partial charge in [0.1, 0.15) is 11.6 Å². The maximum atomic E-state index is 4.99. The quantitative estimate of drug-likeness (QED) is 0.673. The highest BCUT2D eigenvalue weighted by molar-refractivity contribution is 4.91. The van der Waals surface area contributed by atoms with Gasteiger partial charge >= 0.3 is 0 Å². The first kappa shape index (κ1) is 13.1. The lowest BCUT2D eigenvalue weighted by Gasteiger charge is -2.04. The van der Waals surface area contributed by atoms with Gasteiger partial charge in [-0.1, -0.05) is 0 Å². The standard InChI is InChI=1S/C11H22N4O/c1-10-13-14-11(15(10)2)9-12-7-5-4-6-8-16-3/h12H,4-9H2,1-3H3. The first-order valence-electron chi connectivity index (χ1n) is 5.80. The monoisotopic (exact) mass is 226 g/mol. The van der Waals surface area contributed by atoms with Crippen LogP contribution in [0.5, 0.6) is 0 Å². The number of methoxy groups -OCH3 is 1. The van der Waals surface area contributed by atoms with Gasteiger partial charge in [-0.25, -0.2) is 0 Å². The molecule has 0 aliphatic carbocycles. The summed E-state index contributed by atoms with van der Waals surface area (Å²) in [6, 6.07) is 0. The van der Waals surface area contributed by atoms with E-state index < -0.39 is 0 Å². The van der Waals surface area contributed by atoms with Crippen LogP contribution in [0.25, 0.3) is 0 Å². The summed E-state index contributed by atoms with van der Waals surface area (Å²) < 4.78 is 7.01. The van der Waals surface area contributed by atoms with Gasteiger partial charge in [-0.05, 0) is 32.7 Å². The zero-order chi connectivity index (χ0) is 11.8. The normalized spacial score (nSPS) is 10.9.